The Bertz CT molecular complexity index is 448. The highest BCUT2D eigenvalue weighted by atomic mass is 16.5. The van der Waals surface area contributed by atoms with Gasteiger partial charge in [0.2, 0.25) is 5.89 Å². The van der Waals surface area contributed by atoms with Gasteiger partial charge in [0.25, 0.3) is 5.95 Å². The van der Waals surface area contributed by atoms with Gasteiger partial charge in [0.1, 0.15) is 0 Å². The number of aromatic nitrogens is 2. The van der Waals surface area contributed by atoms with E-state index >= 15 is 0 Å². The van der Waals surface area contributed by atoms with E-state index in [1.807, 2.05) is 44.2 Å². The van der Waals surface area contributed by atoms with Crippen LogP contribution in [0.25, 0.3) is 0 Å². The third-order valence-electron chi connectivity index (χ3n) is 2.47. The second-order valence-electron chi connectivity index (χ2n) is 3.95. The zero-order valence-corrected chi connectivity index (χ0v) is 8.77. The Labute approximate surface area is 88.1 Å². The largest absolute Gasteiger partial charge is 0.365 e. The molecule has 0 amide bonds. The van der Waals surface area contributed by atoms with Crippen molar-refractivity contribution in [3.63, 3.8) is 0 Å². The van der Waals surface area contributed by atoms with Crippen LogP contribution in [-0.4, -0.2) is 10.1 Å². The third kappa shape index (κ3) is 1.70. The van der Waals surface area contributed by atoms with Crippen LogP contribution in [0.2, 0.25) is 0 Å². The molecule has 1 heterocycles. The van der Waals surface area contributed by atoms with Gasteiger partial charge < -0.3 is 10.3 Å². The summed E-state index contributed by atoms with van der Waals surface area (Å²) in [6.07, 6.45) is 0. The van der Waals surface area contributed by atoms with Crippen LogP contribution in [0.1, 0.15) is 25.3 Å². The van der Waals surface area contributed by atoms with E-state index in [9.17, 15) is 0 Å². The molecule has 0 radical (unpaired) electrons. The fourth-order valence-corrected chi connectivity index (χ4v) is 1.47. The maximum atomic E-state index is 5.44. The maximum absolute atomic E-state index is 5.44. The number of nitrogens with zero attached hydrogens (tertiary/aromatic N) is 2. The summed E-state index contributed by atoms with van der Waals surface area (Å²) in [5, 5.41) is 3.60. The predicted octanol–water partition coefficient (Wildman–Crippen LogP) is 1.98. The first-order chi connectivity index (χ1) is 7.10. The first-order valence-electron chi connectivity index (χ1n) is 4.76. The fraction of sp³-hybridized carbons (Fsp3) is 0.273. The molecule has 0 unspecified atom stereocenters. The van der Waals surface area contributed by atoms with Gasteiger partial charge in [0, 0.05) is 0 Å². The normalized spacial score (nSPS) is 11.6. The van der Waals surface area contributed by atoms with Crippen molar-refractivity contribution in [1.82, 2.24) is 10.1 Å². The van der Waals surface area contributed by atoms with Crippen LogP contribution in [0.4, 0.5) is 5.95 Å². The van der Waals surface area contributed by atoms with Crippen molar-refractivity contribution >= 4 is 5.95 Å². The molecule has 0 saturated carbocycles. The molecule has 2 aromatic rings. The van der Waals surface area contributed by atoms with E-state index in [4.69, 9.17) is 10.3 Å². The average molecular weight is 203 g/mol. The predicted molar refractivity (Wildman–Crippen MR) is 57.3 cm³/mol. The van der Waals surface area contributed by atoms with Crippen molar-refractivity contribution in [2.45, 2.75) is 19.3 Å². The Hall–Kier alpha value is -1.84. The zero-order valence-electron chi connectivity index (χ0n) is 8.77. The van der Waals surface area contributed by atoms with Gasteiger partial charge in [-0.05, 0) is 24.6 Å². The molecule has 2 rings (SSSR count). The lowest BCUT2D eigenvalue weighted by Gasteiger charge is -2.19. The van der Waals surface area contributed by atoms with E-state index in [1.54, 1.807) is 0 Å². The first kappa shape index (κ1) is 9.71. The topological polar surface area (TPSA) is 64.9 Å². The van der Waals surface area contributed by atoms with Crippen LogP contribution >= 0.6 is 0 Å². The number of nitrogen functional groups attached to an aromatic ring is 1. The zero-order chi connectivity index (χ0) is 10.9. The molecule has 0 fully saturated rings. The SMILES string of the molecule is CC(C)(c1ccccc1)c1nc(N)no1. The second kappa shape index (κ2) is 3.38. The van der Waals surface area contributed by atoms with Gasteiger partial charge in [0.15, 0.2) is 0 Å². The minimum atomic E-state index is -0.314. The van der Waals surface area contributed by atoms with Crippen molar-refractivity contribution in [1.29, 1.82) is 0 Å². The number of nitrogens with two attached hydrogens (primary N) is 1. The molecule has 0 spiro atoms. The Morgan fingerprint density at radius 1 is 1.20 bits per heavy atom. The standard InChI is InChI=1S/C11H13N3O/c1-11(2,8-6-4-3-5-7-8)9-13-10(12)14-15-9/h3-7H,1-2H3,(H2,12,14). The molecule has 4 nitrogen and oxygen atoms in total. The van der Waals surface area contributed by atoms with Crippen molar-refractivity contribution in [2.75, 3.05) is 5.73 Å². The summed E-state index contributed by atoms with van der Waals surface area (Å²) in [5.41, 5.74) is 6.24. The van der Waals surface area contributed by atoms with Crippen LogP contribution < -0.4 is 5.73 Å². The Morgan fingerprint density at radius 3 is 2.40 bits per heavy atom. The number of benzene rings is 1. The summed E-state index contributed by atoms with van der Waals surface area (Å²) in [4.78, 5) is 4.06. The molecule has 0 aliphatic heterocycles. The molecular weight excluding hydrogens is 190 g/mol. The van der Waals surface area contributed by atoms with Crippen molar-refractivity contribution < 1.29 is 4.52 Å². The molecule has 4 heteroatoms. The molecule has 0 saturated heterocycles. The van der Waals surface area contributed by atoms with Gasteiger partial charge in [-0.3, -0.25) is 0 Å². The maximum Gasteiger partial charge on any atom is 0.260 e. The van der Waals surface area contributed by atoms with Crippen molar-refractivity contribution in [3.05, 3.63) is 41.8 Å². The van der Waals surface area contributed by atoms with E-state index in [2.05, 4.69) is 10.1 Å². The molecule has 78 valence electrons. The van der Waals surface area contributed by atoms with Gasteiger partial charge in [0.05, 0.1) is 5.41 Å². The third-order valence-corrected chi connectivity index (χ3v) is 2.47. The highest BCUT2D eigenvalue weighted by Gasteiger charge is 2.29. The van der Waals surface area contributed by atoms with Gasteiger partial charge >= 0.3 is 0 Å². The molecule has 0 atom stereocenters. The monoisotopic (exact) mass is 203 g/mol. The van der Waals surface area contributed by atoms with E-state index in [0.29, 0.717) is 5.89 Å². The average Bonchev–Trinajstić information content (AvgIpc) is 2.67. The van der Waals surface area contributed by atoms with Crippen LogP contribution in [-0.2, 0) is 5.41 Å². The van der Waals surface area contributed by atoms with Gasteiger partial charge in [-0.1, -0.05) is 30.3 Å². The molecule has 15 heavy (non-hydrogen) atoms. The van der Waals surface area contributed by atoms with Gasteiger partial charge in [-0.25, -0.2) is 0 Å². The Morgan fingerprint density at radius 2 is 1.87 bits per heavy atom. The highest BCUT2D eigenvalue weighted by molar-refractivity contribution is 5.30. The molecule has 2 N–H and O–H groups in total. The minimum Gasteiger partial charge on any atom is -0.365 e. The number of hydrogen-bond donors (Lipinski definition) is 1. The highest BCUT2D eigenvalue weighted by Crippen LogP contribution is 2.29. The Kier molecular flexibility index (Phi) is 2.19. The van der Waals surface area contributed by atoms with Crippen molar-refractivity contribution in [2.24, 2.45) is 0 Å². The second-order valence-corrected chi connectivity index (χ2v) is 3.95. The quantitative estimate of drug-likeness (QED) is 0.810. The summed E-state index contributed by atoms with van der Waals surface area (Å²) in [6, 6.07) is 10.00. The molecular formula is C11H13N3O. The van der Waals surface area contributed by atoms with Crippen molar-refractivity contribution in [3.8, 4) is 0 Å². The minimum absolute atomic E-state index is 0.175. The van der Waals surface area contributed by atoms with E-state index in [-0.39, 0.29) is 11.4 Å². The lowest BCUT2D eigenvalue weighted by atomic mass is 9.84. The smallest absolute Gasteiger partial charge is 0.260 e. The van der Waals surface area contributed by atoms with Gasteiger partial charge in [-0.15, -0.1) is 0 Å². The first-order valence-corrected chi connectivity index (χ1v) is 4.76. The molecule has 1 aromatic heterocycles. The van der Waals surface area contributed by atoms with Crippen LogP contribution in [0.15, 0.2) is 34.9 Å². The molecule has 0 aliphatic rings. The van der Waals surface area contributed by atoms with Gasteiger partial charge in [-0.2, -0.15) is 4.98 Å². The number of hydrogen-bond acceptors (Lipinski definition) is 4. The fourth-order valence-electron chi connectivity index (χ4n) is 1.47. The summed E-state index contributed by atoms with van der Waals surface area (Å²) < 4.78 is 5.10. The molecule has 0 aliphatic carbocycles. The molecule has 0 bridgehead atoms. The van der Waals surface area contributed by atoms with Crippen LogP contribution in [0, 0.1) is 0 Å². The van der Waals surface area contributed by atoms with E-state index < -0.39 is 0 Å². The molecule has 1 aromatic carbocycles. The summed E-state index contributed by atoms with van der Waals surface area (Å²) in [7, 11) is 0. The summed E-state index contributed by atoms with van der Waals surface area (Å²) in [5.74, 6) is 0.709. The van der Waals surface area contributed by atoms with E-state index in [0.717, 1.165) is 5.56 Å². The number of rotatable bonds is 2. The van der Waals surface area contributed by atoms with Crippen LogP contribution in [0.5, 0.6) is 0 Å². The van der Waals surface area contributed by atoms with E-state index in [1.165, 1.54) is 0 Å². The summed E-state index contributed by atoms with van der Waals surface area (Å²) in [6.45, 7) is 4.05. The Balaban J connectivity index is 2.43. The summed E-state index contributed by atoms with van der Waals surface area (Å²) >= 11 is 0. The lowest BCUT2D eigenvalue weighted by Crippen LogP contribution is -2.19. The van der Waals surface area contributed by atoms with Crippen LogP contribution in [0.3, 0.4) is 0 Å². The lowest BCUT2D eigenvalue weighted by molar-refractivity contribution is 0.333. The number of anilines is 1.